The molecule has 0 radical (unpaired) electrons. The van der Waals surface area contributed by atoms with Crippen molar-refractivity contribution in [3.8, 4) is 5.75 Å². The fraction of sp³-hybridized carbons (Fsp3) is 0. The Labute approximate surface area is 81.3 Å². The van der Waals surface area contributed by atoms with Gasteiger partial charge in [-0.3, -0.25) is 20.2 Å². The Bertz CT molecular complexity index is 435. The molecular formula is C6H4FN3O5. The highest BCUT2D eigenvalue weighted by molar-refractivity contribution is 5.54. The Hall–Kier alpha value is -2.29. The first-order valence-electron chi connectivity index (χ1n) is 3.46. The lowest BCUT2D eigenvalue weighted by atomic mass is 10.2. The summed E-state index contributed by atoms with van der Waals surface area (Å²) in [4.78, 5) is 22.6. The molecule has 0 heterocycles. The van der Waals surface area contributed by atoms with E-state index in [0.29, 0.717) is 12.1 Å². The normalized spacial score (nSPS) is 9.73. The monoisotopic (exact) mass is 217 g/mol. The second-order valence-electron chi connectivity index (χ2n) is 2.40. The van der Waals surface area contributed by atoms with Crippen LogP contribution in [0.15, 0.2) is 12.1 Å². The van der Waals surface area contributed by atoms with E-state index in [9.17, 15) is 24.6 Å². The summed E-state index contributed by atoms with van der Waals surface area (Å²) >= 11 is 0. The van der Waals surface area contributed by atoms with E-state index in [4.69, 9.17) is 0 Å². The van der Waals surface area contributed by atoms with E-state index < -0.39 is 32.8 Å². The summed E-state index contributed by atoms with van der Waals surface area (Å²) in [5.41, 5.74) is -1.78. The lowest BCUT2D eigenvalue weighted by Crippen LogP contribution is -2.06. The number of nitrogens with two attached hydrogens (primary N) is 1. The molecule has 1 aromatic rings. The van der Waals surface area contributed by atoms with Crippen molar-refractivity contribution in [1.82, 2.24) is 0 Å². The Balaban J connectivity index is 3.43. The zero-order chi connectivity index (χ0) is 11.6. The van der Waals surface area contributed by atoms with Crippen LogP contribution in [-0.2, 0) is 0 Å². The van der Waals surface area contributed by atoms with Gasteiger partial charge in [0.05, 0.1) is 9.85 Å². The largest absolute Gasteiger partial charge is 0.404 e. The van der Waals surface area contributed by atoms with Gasteiger partial charge in [0.2, 0.25) is 11.6 Å². The van der Waals surface area contributed by atoms with E-state index in [-0.39, 0.29) is 0 Å². The molecule has 0 spiro atoms. The van der Waals surface area contributed by atoms with Crippen LogP contribution in [0.4, 0.5) is 15.8 Å². The predicted octanol–water partition coefficient (Wildman–Crippen LogP) is 0.895. The minimum absolute atomic E-state index is 0.442. The smallest absolute Gasteiger partial charge is 0.320 e. The number of benzene rings is 1. The molecule has 9 heteroatoms. The van der Waals surface area contributed by atoms with Gasteiger partial charge >= 0.3 is 11.4 Å². The van der Waals surface area contributed by atoms with Gasteiger partial charge in [-0.2, -0.15) is 10.3 Å². The topological polar surface area (TPSA) is 122 Å². The van der Waals surface area contributed by atoms with Gasteiger partial charge in [-0.05, 0) is 0 Å². The van der Waals surface area contributed by atoms with Crippen LogP contribution in [0.3, 0.4) is 0 Å². The van der Waals surface area contributed by atoms with Crippen molar-refractivity contribution < 1.29 is 19.1 Å². The van der Waals surface area contributed by atoms with Crippen molar-refractivity contribution in [3.05, 3.63) is 38.2 Å². The molecule has 0 atom stereocenters. The van der Waals surface area contributed by atoms with Crippen LogP contribution in [0, 0.1) is 26.0 Å². The van der Waals surface area contributed by atoms with Crippen LogP contribution in [-0.4, -0.2) is 9.85 Å². The second kappa shape index (κ2) is 3.84. The molecule has 0 fully saturated rings. The summed E-state index contributed by atoms with van der Waals surface area (Å²) in [5.74, 6) is 2.80. The van der Waals surface area contributed by atoms with E-state index in [1.165, 1.54) is 0 Å². The number of hydrogen-bond donors (Lipinski definition) is 1. The molecule has 2 N–H and O–H groups in total. The lowest BCUT2D eigenvalue weighted by molar-refractivity contribution is -0.396. The van der Waals surface area contributed by atoms with Crippen LogP contribution in [0.1, 0.15) is 0 Å². The predicted molar refractivity (Wildman–Crippen MR) is 44.5 cm³/mol. The number of rotatable bonds is 3. The van der Waals surface area contributed by atoms with E-state index in [2.05, 4.69) is 10.7 Å². The molecule has 1 rings (SSSR count). The molecule has 15 heavy (non-hydrogen) atoms. The van der Waals surface area contributed by atoms with Gasteiger partial charge in [0.25, 0.3) is 0 Å². The van der Waals surface area contributed by atoms with Gasteiger partial charge in [-0.1, -0.05) is 0 Å². The van der Waals surface area contributed by atoms with Gasteiger partial charge in [-0.25, -0.2) is 0 Å². The van der Waals surface area contributed by atoms with E-state index in [1.54, 1.807) is 0 Å². The summed E-state index contributed by atoms with van der Waals surface area (Å²) in [7, 11) is 0. The summed E-state index contributed by atoms with van der Waals surface area (Å²) in [6.45, 7) is 0. The van der Waals surface area contributed by atoms with Crippen molar-refractivity contribution in [2.75, 3.05) is 0 Å². The first-order valence-corrected chi connectivity index (χ1v) is 3.46. The van der Waals surface area contributed by atoms with Crippen molar-refractivity contribution in [1.29, 1.82) is 0 Å². The zero-order valence-electron chi connectivity index (χ0n) is 7.05. The molecule has 0 aromatic heterocycles. The molecule has 0 bridgehead atoms. The maximum absolute atomic E-state index is 12.9. The quantitative estimate of drug-likeness (QED) is 0.592. The zero-order valence-corrected chi connectivity index (χ0v) is 7.05. The average Bonchev–Trinajstić information content (AvgIpc) is 2.16. The Morgan fingerprint density at radius 2 is 1.73 bits per heavy atom. The Morgan fingerprint density at radius 3 is 2.13 bits per heavy atom. The van der Waals surface area contributed by atoms with Crippen molar-refractivity contribution in [2.24, 2.45) is 5.90 Å². The maximum Gasteiger partial charge on any atom is 0.320 e. The molecule has 0 saturated heterocycles. The minimum Gasteiger partial charge on any atom is -0.404 e. The number of nitro groups is 2. The standard InChI is InChI=1S/C6H4FN3O5/c7-3-1-6(15-8)5(10(13)14)2-4(3)9(11)12/h1-2H,8H2. The minimum atomic E-state index is -1.26. The third kappa shape index (κ3) is 1.96. The summed E-state index contributed by atoms with van der Waals surface area (Å²) in [6, 6.07) is 0.924. The highest BCUT2D eigenvalue weighted by atomic mass is 19.1. The molecule has 0 aliphatic rings. The summed E-state index contributed by atoms with van der Waals surface area (Å²) in [6.07, 6.45) is 0. The first kappa shape index (κ1) is 10.8. The van der Waals surface area contributed by atoms with Crippen LogP contribution >= 0.6 is 0 Å². The van der Waals surface area contributed by atoms with E-state index in [1.807, 2.05) is 0 Å². The van der Waals surface area contributed by atoms with Crippen molar-refractivity contribution in [3.63, 3.8) is 0 Å². The molecule has 0 saturated carbocycles. The number of hydrogen-bond acceptors (Lipinski definition) is 6. The number of nitrogens with zero attached hydrogens (tertiary/aromatic N) is 2. The third-order valence-corrected chi connectivity index (χ3v) is 1.55. The van der Waals surface area contributed by atoms with Gasteiger partial charge in [-0.15, -0.1) is 0 Å². The van der Waals surface area contributed by atoms with Crippen molar-refractivity contribution >= 4 is 11.4 Å². The number of nitro benzene ring substituents is 2. The average molecular weight is 217 g/mol. The molecule has 0 aliphatic carbocycles. The van der Waals surface area contributed by atoms with E-state index in [0.717, 1.165) is 0 Å². The molecular weight excluding hydrogens is 213 g/mol. The third-order valence-electron chi connectivity index (χ3n) is 1.55. The molecule has 80 valence electrons. The maximum atomic E-state index is 12.9. The second-order valence-corrected chi connectivity index (χ2v) is 2.40. The van der Waals surface area contributed by atoms with Crippen LogP contribution < -0.4 is 10.7 Å². The van der Waals surface area contributed by atoms with Crippen molar-refractivity contribution in [2.45, 2.75) is 0 Å². The first-order chi connectivity index (χ1) is 6.97. The molecule has 1 aromatic carbocycles. The van der Waals surface area contributed by atoms with Gasteiger partial charge < -0.3 is 4.84 Å². The highest BCUT2D eigenvalue weighted by Crippen LogP contribution is 2.32. The van der Waals surface area contributed by atoms with Gasteiger partial charge in [0, 0.05) is 6.07 Å². The van der Waals surface area contributed by atoms with Gasteiger partial charge in [0.1, 0.15) is 6.07 Å². The lowest BCUT2D eigenvalue weighted by Gasteiger charge is -2.00. The highest BCUT2D eigenvalue weighted by Gasteiger charge is 2.25. The summed E-state index contributed by atoms with van der Waals surface area (Å²) in [5, 5.41) is 20.7. The molecule has 8 nitrogen and oxygen atoms in total. The van der Waals surface area contributed by atoms with Crippen LogP contribution in [0.5, 0.6) is 5.75 Å². The van der Waals surface area contributed by atoms with Gasteiger partial charge in [0.15, 0.2) is 0 Å². The molecule has 0 aliphatic heterocycles. The SMILES string of the molecule is NOc1cc(F)c([N+](=O)[O-])cc1[N+](=O)[O-]. The van der Waals surface area contributed by atoms with Crippen LogP contribution in [0.2, 0.25) is 0 Å². The Kier molecular flexibility index (Phi) is 2.76. The molecule has 0 unspecified atom stereocenters. The Morgan fingerprint density at radius 1 is 1.20 bits per heavy atom. The fourth-order valence-electron chi connectivity index (χ4n) is 0.910. The number of halogens is 1. The van der Waals surface area contributed by atoms with E-state index >= 15 is 0 Å². The fourth-order valence-corrected chi connectivity index (χ4v) is 0.910. The molecule has 0 amide bonds. The summed E-state index contributed by atoms with van der Waals surface area (Å²) < 4.78 is 12.9. The van der Waals surface area contributed by atoms with Crippen LogP contribution in [0.25, 0.3) is 0 Å².